The van der Waals surface area contributed by atoms with Crippen LogP contribution in [0.5, 0.6) is 0 Å². The number of esters is 1. The van der Waals surface area contributed by atoms with Crippen LogP contribution in [0.1, 0.15) is 61.0 Å². The minimum absolute atomic E-state index is 0.190. The minimum atomic E-state index is -0.408. The SMILES string of the molecule is CCOC(=O)c1c(NC(=O)C=Cc2ccccc2Cl)sc2c1CC(C)(C)NC2(C)C. The molecule has 0 radical (unpaired) electrons. The maximum absolute atomic E-state index is 12.8. The highest BCUT2D eigenvalue weighted by Gasteiger charge is 2.42. The number of hydrogen-bond acceptors (Lipinski definition) is 5. The first-order chi connectivity index (χ1) is 14.0. The van der Waals surface area contributed by atoms with Crippen molar-refractivity contribution < 1.29 is 14.3 Å². The molecule has 2 heterocycles. The van der Waals surface area contributed by atoms with E-state index < -0.39 is 5.97 Å². The Labute approximate surface area is 186 Å². The molecule has 7 heteroatoms. The summed E-state index contributed by atoms with van der Waals surface area (Å²) in [5.41, 5.74) is 1.62. The van der Waals surface area contributed by atoms with E-state index in [2.05, 4.69) is 38.3 Å². The number of carbonyl (C=O) groups is 2. The van der Waals surface area contributed by atoms with Gasteiger partial charge in [-0.05, 0) is 64.3 Å². The molecule has 0 unspecified atom stereocenters. The fourth-order valence-electron chi connectivity index (χ4n) is 3.96. The van der Waals surface area contributed by atoms with E-state index in [-0.39, 0.29) is 23.6 Å². The van der Waals surface area contributed by atoms with Crippen molar-refractivity contribution in [3.05, 3.63) is 56.9 Å². The van der Waals surface area contributed by atoms with Crippen molar-refractivity contribution in [2.75, 3.05) is 11.9 Å². The zero-order chi connectivity index (χ0) is 22.1. The summed E-state index contributed by atoms with van der Waals surface area (Å²) in [6, 6.07) is 7.28. The lowest BCUT2D eigenvalue weighted by molar-refractivity contribution is -0.111. The van der Waals surface area contributed by atoms with Gasteiger partial charge in [-0.3, -0.25) is 4.79 Å². The standard InChI is InChI=1S/C23H27ClN2O3S/c1-6-29-21(28)18-15-13-22(2,3)26-23(4,5)19(15)30-20(18)25-17(27)12-11-14-9-7-8-10-16(14)24/h7-12,26H,6,13H2,1-5H3,(H,25,27). The molecule has 0 saturated heterocycles. The van der Waals surface area contributed by atoms with Gasteiger partial charge in [0.05, 0.1) is 12.2 Å². The van der Waals surface area contributed by atoms with E-state index in [1.165, 1.54) is 17.4 Å². The van der Waals surface area contributed by atoms with E-state index in [1.807, 2.05) is 18.2 Å². The zero-order valence-electron chi connectivity index (χ0n) is 17.9. The average molecular weight is 447 g/mol. The normalized spacial score (nSPS) is 16.9. The number of amides is 1. The first kappa shape index (κ1) is 22.5. The fourth-order valence-corrected chi connectivity index (χ4v) is 5.43. The highest BCUT2D eigenvalue weighted by atomic mass is 35.5. The number of carbonyl (C=O) groups excluding carboxylic acids is 2. The van der Waals surface area contributed by atoms with E-state index in [4.69, 9.17) is 16.3 Å². The molecule has 1 aliphatic heterocycles. The first-order valence-electron chi connectivity index (χ1n) is 9.90. The maximum atomic E-state index is 12.8. The lowest BCUT2D eigenvalue weighted by Gasteiger charge is -2.42. The summed E-state index contributed by atoms with van der Waals surface area (Å²) in [7, 11) is 0. The predicted octanol–water partition coefficient (Wildman–Crippen LogP) is 5.39. The number of ether oxygens (including phenoxy) is 1. The molecule has 0 spiro atoms. The lowest BCUT2D eigenvalue weighted by Crippen LogP contribution is -2.55. The van der Waals surface area contributed by atoms with Crippen LogP contribution in [0.25, 0.3) is 6.08 Å². The molecular formula is C23H27ClN2O3S. The summed E-state index contributed by atoms with van der Waals surface area (Å²) in [6.07, 6.45) is 3.74. The van der Waals surface area contributed by atoms with E-state index >= 15 is 0 Å². The number of halogens is 1. The van der Waals surface area contributed by atoms with Crippen LogP contribution >= 0.6 is 22.9 Å². The molecule has 0 saturated carbocycles. The Hall–Kier alpha value is -2.15. The third-order valence-electron chi connectivity index (χ3n) is 4.88. The molecule has 0 atom stereocenters. The van der Waals surface area contributed by atoms with Gasteiger partial charge in [-0.2, -0.15) is 0 Å². The number of anilines is 1. The zero-order valence-corrected chi connectivity index (χ0v) is 19.5. The van der Waals surface area contributed by atoms with Gasteiger partial charge in [-0.1, -0.05) is 29.8 Å². The number of benzene rings is 1. The molecule has 0 aliphatic carbocycles. The van der Waals surface area contributed by atoms with Crippen molar-refractivity contribution in [3.8, 4) is 0 Å². The summed E-state index contributed by atoms with van der Waals surface area (Å²) in [4.78, 5) is 26.5. The third kappa shape index (κ3) is 4.77. The molecule has 2 N–H and O–H groups in total. The van der Waals surface area contributed by atoms with Crippen LogP contribution < -0.4 is 10.6 Å². The van der Waals surface area contributed by atoms with Crippen LogP contribution in [-0.4, -0.2) is 24.0 Å². The minimum Gasteiger partial charge on any atom is -0.462 e. The predicted molar refractivity (Wildman–Crippen MR) is 123 cm³/mol. The highest BCUT2D eigenvalue weighted by molar-refractivity contribution is 7.17. The van der Waals surface area contributed by atoms with Crippen molar-refractivity contribution in [1.82, 2.24) is 5.32 Å². The third-order valence-corrected chi connectivity index (χ3v) is 6.70. The summed E-state index contributed by atoms with van der Waals surface area (Å²) in [5, 5.41) is 7.58. The summed E-state index contributed by atoms with van der Waals surface area (Å²) in [6.45, 7) is 10.4. The molecule has 5 nitrogen and oxygen atoms in total. The van der Waals surface area contributed by atoms with Gasteiger partial charge in [0.15, 0.2) is 0 Å². The molecule has 1 aromatic carbocycles. The Morgan fingerprint density at radius 3 is 2.63 bits per heavy atom. The molecule has 160 valence electrons. The molecule has 0 fully saturated rings. The molecule has 1 aliphatic rings. The van der Waals surface area contributed by atoms with Gasteiger partial charge in [0.25, 0.3) is 0 Å². The number of thiophene rings is 1. The Bertz CT molecular complexity index is 1010. The van der Waals surface area contributed by atoms with Gasteiger partial charge >= 0.3 is 5.97 Å². The second-order valence-electron chi connectivity index (χ2n) is 8.49. The van der Waals surface area contributed by atoms with Crippen molar-refractivity contribution in [1.29, 1.82) is 0 Å². The maximum Gasteiger partial charge on any atom is 0.341 e. The van der Waals surface area contributed by atoms with Crippen LogP contribution in [0.4, 0.5) is 5.00 Å². The Kier molecular flexibility index (Phi) is 6.41. The van der Waals surface area contributed by atoms with Crippen LogP contribution in [0.3, 0.4) is 0 Å². The van der Waals surface area contributed by atoms with Gasteiger partial charge in [-0.15, -0.1) is 11.3 Å². The summed E-state index contributed by atoms with van der Waals surface area (Å²) in [5.74, 6) is -0.738. The number of hydrogen-bond donors (Lipinski definition) is 2. The van der Waals surface area contributed by atoms with Gasteiger partial charge in [-0.25, -0.2) is 4.79 Å². The molecule has 0 bridgehead atoms. The quantitative estimate of drug-likeness (QED) is 0.477. The van der Waals surface area contributed by atoms with Crippen molar-refractivity contribution in [3.63, 3.8) is 0 Å². The van der Waals surface area contributed by atoms with Crippen molar-refractivity contribution in [2.24, 2.45) is 0 Å². The van der Waals surface area contributed by atoms with Crippen LogP contribution in [-0.2, 0) is 21.5 Å². The van der Waals surface area contributed by atoms with Crippen LogP contribution in [0.2, 0.25) is 5.02 Å². The first-order valence-corrected chi connectivity index (χ1v) is 11.1. The van der Waals surface area contributed by atoms with E-state index in [0.717, 1.165) is 16.0 Å². The topological polar surface area (TPSA) is 67.4 Å². The smallest absolute Gasteiger partial charge is 0.341 e. The van der Waals surface area contributed by atoms with Crippen molar-refractivity contribution >= 4 is 45.9 Å². The van der Waals surface area contributed by atoms with Gasteiger partial charge in [0.2, 0.25) is 5.91 Å². The average Bonchev–Trinajstić information content (AvgIpc) is 2.98. The molecular weight excluding hydrogens is 420 g/mol. The Balaban J connectivity index is 1.96. The largest absolute Gasteiger partial charge is 0.462 e. The van der Waals surface area contributed by atoms with E-state index in [9.17, 15) is 9.59 Å². The van der Waals surface area contributed by atoms with E-state index in [1.54, 1.807) is 19.1 Å². The second-order valence-corrected chi connectivity index (χ2v) is 9.92. The number of nitrogens with one attached hydrogen (secondary N) is 2. The number of fused-ring (bicyclic) bond motifs is 1. The lowest BCUT2D eigenvalue weighted by atomic mass is 9.81. The monoisotopic (exact) mass is 446 g/mol. The van der Waals surface area contributed by atoms with Crippen LogP contribution in [0.15, 0.2) is 30.3 Å². The van der Waals surface area contributed by atoms with Crippen molar-refractivity contribution in [2.45, 2.75) is 52.1 Å². The number of rotatable bonds is 5. The fraction of sp³-hybridized carbons (Fsp3) is 0.391. The van der Waals surface area contributed by atoms with Gasteiger partial charge in [0, 0.05) is 27.1 Å². The van der Waals surface area contributed by atoms with Crippen LogP contribution in [0, 0.1) is 0 Å². The highest BCUT2D eigenvalue weighted by Crippen LogP contribution is 2.45. The molecule has 3 rings (SSSR count). The molecule has 1 aromatic heterocycles. The van der Waals surface area contributed by atoms with Gasteiger partial charge in [0.1, 0.15) is 5.00 Å². The van der Waals surface area contributed by atoms with Gasteiger partial charge < -0.3 is 15.4 Å². The Morgan fingerprint density at radius 2 is 1.97 bits per heavy atom. The van der Waals surface area contributed by atoms with E-state index in [0.29, 0.717) is 22.0 Å². The molecule has 30 heavy (non-hydrogen) atoms. The Morgan fingerprint density at radius 1 is 1.27 bits per heavy atom. The molecule has 2 aromatic rings. The molecule has 1 amide bonds. The summed E-state index contributed by atoms with van der Waals surface area (Å²) < 4.78 is 5.32. The summed E-state index contributed by atoms with van der Waals surface area (Å²) >= 11 is 7.57. The second kappa shape index (κ2) is 8.53.